The average molecular weight is 288 g/mol. The molecule has 0 spiro atoms. The van der Waals surface area contributed by atoms with Crippen molar-refractivity contribution in [3.05, 3.63) is 29.8 Å². The van der Waals surface area contributed by atoms with Gasteiger partial charge in [-0.25, -0.2) is 0 Å². The van der Waals surface area contributed by atoms with Crippen LogP contribution >= 0.6 is 0 Å². The van der Waals surface area contributed by atoms with Crippen LogP contribution in [0.25, 0.3) is 0 Å². The normalized spacial score (nSPS) is 22.1. The standard InChI is InChI=1S/C17H24N2O2/c18-11-15-3-1-2-10-19(15)17(20)14-6-8-16(9-7-14)21-12-13-4-5-13/h6-9,13,15H,1-5,10-12,18H2. The molecule has 4 nitrogen and oxygen atoms in total. The minimum Gasteiger partial charge on any atom is -0.493 e. The summed E-state index contributed by atoms with van der Waals surface area (Å²) in [6.45, 7) is 2.17. The molecule has 0 aromatic heterocycles. The van der Waals surface area contributed by atoms with E-state index in [0.717, 1.165) is 43.2 Å². The summed E-state index contributed by atoms with van der Waals surface area (Å²) in [5, 5.41) is 0. The Morgan fingerprint density at radius 2 is 1.95 bits per heavy atom. The number of ether oxygens (including phenoxy) is 1. The molecule has 1 aliphatic carbocycles. The highest BCUT2D eigenvalue weighted by molar-refractivity contribution is 5.94. The van der Waals surface area contributed by atoms with Crippen LogP contribution in [0.3, 0.4) is 0 Å². The molecule has 3 rings (SSSR count). The molecule has 1 atom stereocenters. The topological polar surface area (TPSA) is 55.6 Å². The SMILES string of the molecule is NCC1CCCCN1C(=O)c1ccc(OCC2CC2)cc1. The quantitative estimate of drug-likeness (QED) is 0.905. The van der Waals surface area contributed by atoms with E-state index in [1.54, 1.807) is 0 Å². The number of nitrogens with two attached hydrogens (primary N) is 1. The van der Waals surface area contributed by atoms with Gasteiger partial charge in [0.2, 0.25) is 0 Å². The van der Waals surface area contributed by atoms with E-state index in [0.29, 0.717) is 6.54 Å². The Balaban J connectivity index is 1.62. The van der Waals surface area contributed by atoms with Crippen molar-refractivity contribution < 1.29 is 9.53 Å². The first-order valence-electron chi connectivity index (χ1n) is 8.02. The second kappa shape index (κ2) is 6.48. The second-order valence-electron chi connectivity index (χ2n) is 6.16. The zero-order chi connectivity index (χ0) is 14.7. The third kappa shape index (κ3) is 3.56. The van der Waals surface area contributed by atoms with E-state index >= 15 is 0 Å². The zero-order valence-corrected chi connectivity index (χ0v) is 12.5. The third-order valence-electron chi connectivity index (χ3n) is 4.44. The molecule has 2 N–H and O–H groups in total. The molecule has 1 heterocycles. The van der Waals surface area contributed by atoms with Crippen molar-refractivity contribution in [1.29, 1.82) is 0 Å². The van der Waals surface area contributed by atoms with Gasteiger partial charge in [-0.1, -0.05) is 0 Å². The molecular formula is C17H24N2O2. The molecule has 1 unspecified atom stereocenters. The number of amides is 1. The van der Waals surface area contributed by atoms with Gasteiger partial charge >= 0.3 is 0 Å². The molecule has 1 saturated carbocycles. The number of carbonyl (C=O) groups excluding carboxylic acids is 1. The lowest BCUT2D eigenvalue weighted by molar-refractivity contribution is 0.0623. The van der Waals surface area contributed by atoms with Gasteiger partial charge in [0.1, 0.15) is 5.75 Å². The van der Waals surface area contributed by atoms with Crippen LogP contribution in [0.15, 0.2) is 24.3 Å². The second-order valence-corrected chi connectivity index (χ2v) is 6.16. The summed E-state index contributed by atoms with van der Waals surface area (Å²) in [5.41, 5.74) is 6.52. The fraction of sp³-hybridized carbons (Fsp3) is 0.588. The molecular weight excluding hydrogens is 264 g/mol. The predicted molar refractivity (Wildman–Crippen MR) is 82.4 cm³/mol. The van der Waals surface area contributed by atoms with Crippen LogP contribution in [0, 0.1) is 5.92 Å². The maximum atomic E-state index is 12.6. The number of nitrogens with zero attached hydrogens (tertiary/aromatic N) is 1. The Labute approximate surface area is 126 Å². The number of rotatable bonds is 5. The van der Waals surface area contributed by atoms with Crippen molar-refractivity contribution >= 4 is 5.91 Å². The van der Waals surface area contributed by atoms with Crippen molar-refractivity contribution in [3.8, 4) is 5.75 Å². The van der Waals surface area contributed by atoms with Gasteiger partial charge in [0, 0.05) is 24.7 Å². The van der Waals surface area contributed by atoms with E-state index in [1.165, 1.54) is 19.3 Å². The van der Waals surface area contributed by atoms with Crippen LogP contribution in [0.1, 0.15) is 42.5 Å². The summed E-state index contributed by atoms with van der Waals surface area (Å²) in [6, 6.07) is 7.73. The van der Waals surface area contributed by atoms with E-state index < -0.39 is 0 Å². The number of likely N-dealkylation sites (tertiary alicyclic amines) is 1. The number of hydrogen-bond acceptors (Lipinski definition) is 3. The smallest absolute Gasteiger partial charge is 0.254 e. The molecule has 1 amide bonds. The van der Waals surface area contributed by atoms with E-state index in [9.17, 15) is 4.79 Å². The number of carbonyl (C=O) groups is 1. The lowest BCUT2D eigenvalue weighted by atomic mass is 10.0. The van der Waals surface area contributed by atoms with Gasteiger partial charge in [0.05, 0.1) is 6.61 Å². The Bertz CT molecular complexity index is 482. The summed E-state index contributed by atoms with van der Waals surface area (Å²) < 4.78 is 5.71. The summed E-state index contributed by atoms with van der Waals surface area (Å²) in [5.74, 6) is 1.69. The van der Waals surface area contributed by atoms with Crippen molar-refractivity contribution in [1.82, 2.24) is 4.90 Å². The fourth-order valence-electron chi connectivity index (χ4n) is 2.87. The van der Waals surface area contributed by atoms with Crippen LogP contribution in [-0.4, -0.2) is 36.5 Å². The minimum absolute atomic E-state index is 0.0962. The minimum atomic E-state index is 0.0962. The number of benzene rings is 1. The van der Waals surface area contributed by atoms with Gasteiger partial charge in [-0.2, -0.15) is 0 Å². The summed E-state index contributed by atoms with van der Waals surface area (Å²) >= 11 is 0. The first-order chi connectivity index (χ1) is 10.3. The Morgan fingerprint density at radius 1 is 1.19 bits per heavy atom. The van der Waals surface area contributed by atoms with Crippen LogP contribution in [0.2, 0.25) is 0 Å². The maximum Gasteiger partial charge on any atom is 0.254 e. The zero-order valence-electron chi connectivity index (χ0n) is 12.5. The molecule has 2 fully saturated rings. The largest absolute Gasteiger partial charge is 0.493 e. The van der Waals surface area contributed by atoms with Gasteiger partial charge in [-0.05, 0) is 62.3 Å². The van der Waals surface area contributed by atoms with E-state index in [4.69, 9.17) is 10.5 Å². The van der Waals surface area contributed by atoms with E-state index in [2.05, 4.69) is 0 Å². The van der Waals surface area contributed by atoms with Crippen LogP contribution in [-0.2, 0) is 0 Å². The maximum absolute atomic E-state index is 12.6. The molecule has 0 radical (unpaired) electrons. The Kier molecular flexibility index (Phi) is 4.44. The van der Waals surface area contributed by atoms with Crippen LogP contribution in [0.5, 0.6) is 5.75 Å². The predicted octanol–water partition coefficient (Wildman–Crippen LogP) is 2.43. The number of piperidine rings is 1. The molecule has 4 heteroatoms. The highest BCUT2D eigenvalue weighted by Gasteiger charge is 2.26. The van der Waals surface area contributed by atoms with E-state index in [-0.39, 0.29) is 11.9 Å². The van der Waals surface area contributed by atoms with Gasteiger partial charge in [0.15, 0.2) is 0 Å². The molecule has 114 valence electrons. The lowest BCUT2D eigenvalue weighted by Gasteiger charge is -2.35. The molecule has 21 heavy (non-hydrogen) atoms. The van der Waals surface area contributed by atoms with Gasteiger partial charge in [-0.3, -0.25) is 4.79 Å². The van der Waals surface area contributed by atoms with Crippen LogP contribution in [0.4, 0.5) is 0 Å². The number of hydrogen-bond donors (Lipinski definition) is 1. The fourth-order valence-corrected chi connectivity index (χ4v) is 2.87. The molecule has 2 aliphatic rings. The third-order valence-corrected chi connectivity index (χ3v) is 4.44. The first kappa shape index (κ1) is 14.4. The molecule has 1 saturated heterocycles. The molecule has 0 bridgehead atoms. The first-order valence-corrected chi connectivity index (χ1v) is 8.02. The van der Waals surface area contributed by atoms with Crippen molar-refractivity contribution in [2.75, 3.05) is 19.7 Å². The van der Waals surface area contributed by atoms with Gasteiger partial charge in [-0.15, -0.1) is 0 Å². The summed E-state index contributed by atoms with van der Waals surface area (Å²) in [6.07, 6.45) is 5.83. The molecule has 1 aliphatic heterocycles. The monoisotopic (exact) mass is 288 g/mol. The van der Waals surface area contributed by atoms with Crippen molar-refractivity contribution in [3.63, 3.8) is 0 Å². The summed E-state index contributed by atoms with van der Waals surface area (Å²) in [4.78, 5) is 14.5. The lowest BCUT2D eigenvalue weighted by Crippen LogP contribution is -2.47. The Hall–Kier alpha value is -1.55. The highest BCUT2D eigenvalue weighted by Crippen LogP contribution is 2.29. The van der Waals surface area contributed by atoms with Crippen molar-refractivity contribution in [2.24, 2.45) is 11.7 Å². The highest BCUT2D eigenvalue weighted by atomic mass is 16.5. The average Bonchev–Trinajstić information content (AvgIpc) is 3.37. The van der Waals surface area contributed by atoms with Crippen molar-refractivity contribution in [2.45, 2.75) is 38.1 Å². The van der Waals surface area contributed by atoms with Gasteiger partial charge in [0.25, 0.3) is 5.91 Å². The summed E-state index contributed by atoms with van der Waals surface area (Å²) in [7, 11) is 0. The van der Waals surface area contributed by atoms with Crippen LogP contribution < -0.4 is 10.5 Å². The Morgan fingerprint density at radius 3 is 2.62 bits per heavy atom. The molecule has 1 aromatic carbocycles. The van der Waals surface area contributed by atoms with Gasteiger partial charge < -0.3 is 15.4 Å². The van der Waals surface area contributed by atoms with E-state index in [1.807, 2.05) is 29.2 Å². The molecule has 1 aromatic rings.